The number of rotatable bonds is 3. The fourth-order valence-electron chi connectivity index (χ4n) is 0.944. The van der Waals surface area contributed by atoms with Gasteiger partial charge in [0, 0.05) is 12.6 Å². The molecular formula is C7H9F3N2O2. The number of ether oxygens (including phenoxy) is 1. The van der Waals surface area contributed by atoms with Crippen LogP contribution in [0, 0.1) is 0 Å². The van der Waals surface area contributed by atoms with Gasteiger partial charge in [0.25, 0.3) is 5.88 Å². The van der Waals surface area contributed by atoms with Gasteiger partial charge in [0.1, 0.15) is 5.92 Å². The Hall–Kier alpha value is -1.24. The quantitative estimate of drug-likeness (QED) is 0.816. The first-order valence-corrected chi connectivity index (χ1v) is 3.76. The van der Waals surface area contributed by atoms with E-state index in [9.17, 15) is 13.2 Å². The molecule has 1 unspecified atom stereocenters. The number of hydrogen-bond acceptors (Lipinski definition) is 4. The molecular weight excluding hydrogens is 201 g/mol. The van der Waals surface area contributed by atoms with Crippen molar-refractivity contribution in [3.63, 3.8) is 0 Å². The van der Waals surface area contributed by atoms with E-state index >= 15 is 0 Å². The van der Waals surface area contributed by atoms with Crippen LogP contribution in [0.5, 0.6) is 5.88 Å². The molecule has 14 heavy (non-hydrogen) atoms. The van der Waals surface area contributed by atoms with Gasteiger partial charge in [0.2, 0.25) is 0 Å². The normalized spacial score (nSPS) is 14.1. The second-order valence-corrected chi connectivity index (χ2v) is 2.60. The first-order chi connectivity index (χ1) is 6.49. The van der Waals surface area contributed by atoms with E-state index in [2.05, 4.69) is 14.4 Å². The zero-order valence-electron chi connectivity index (χ0n) is 7.34. The third-order valence-electron chi connectivity index (χ3n) is 1.69. The van der Waals surface area contributed by atoms with Crippen LogP contribution in [0.25, 0.3) is 0 Å². The molecule has 1 atom stereocenters. The maximum Gasteiger partial charge on any atom is 0.400 e. The van der Waals surface area contributed by atoms with Crippen molar-refractivity contribution < 1.29 is 22.4 Å². The zero-order valence-corrected chi connectivity index (χ0v) is 7.34. The standard InChI is InChI=1S/C7H9F3N2O2/c1-13-6-2-5(14-12-6)4(3-11)7(8,9)10/h2,4H,3,11H2,1H3. The Bertz CT molecular complexity index is 297. The van der Waals surface area contributed by atoms with E-state index in [0.717, 1.165) is 6.07 Å². The van der Waals surface area contributed by atoms with Crippen molar-refractivity contribution in [2.45, 2.75) is 12.1 Å². The summed E-state index contributed by atoms with van der Waals surface area (Å²) >= 11 is 0. The van der Waals surface area contributed by atoms with Crippen molar-refractivity contribution in [2.24, 2.45) is 5.73 Å². The number of nitrogens with two attached hydrogens (primary N) is 1. The van der Waals surface area contributed by atoms with E-state index in [1.807, 2.05) is 0 Å². The minimum atomic E-state index is -4.43. The Morgan fingerprint density at radius 3 is 2.64 bits per heavy atom. The smallest absolute Gasteiger partial charge is 0.400 e. The number of methoxy groups -OCH3 is 1. The second kappa shape index (κ2) is 3.87. The van der Waals surface area contributed by atoms with E-state index in [1.54, 1.807) is 0 Å². The maximum absolute atomic E-state index is 12.3. The molecule has 0 aliphatic heterocycles. The SMILES string of the molecule is COc1cc(C(CN)C(F)(F)F)on1. The molecule has 0 spiro atoms. The van der Waals surface area contributed by atoms with Crippen LogP contribution >= 0.6 is 0 Å². The van der Waals surface area contributed by atoms with E-state index < -0.39 is 18.6 Å². The summed E-state index contributed by atoms with van der Waals surface area (Å²) in [6, 6.07) is 1.07. The lowest BCUT2D eigenvalue weighted by molar-refractivity contribution is -0.152. The molecule has 1 aromatic rings. The van der Waals surface area contributed by atoms with E-state index in [4.69, 9.17) is 5.73 Å². The van der Waals surface area contributed by atoms with Crippen LogP contribution in [-0.4, -0.2) is 25.0 Å². The van der Waals surface area contributed by atoms with Crippen LogP contribution in [0.15, 0.2) is 10.6 Å². The van der Waals surface area contributed by atoms with Crippen molar-refractivity contribution in [2.75, 3.05) is 13.7 Å². The highest BCUT2D eigenvalue weighted by Gasteiger charge is 2.42. The average molecular weight is 210 g/mol. The van der Waals surface area contributed by atoms with Crippen LogP contribution in [0.1, 0.15) is 11.7 Å². The van der Waals surface area contributed by atoms with Gasteiger partial charge >= 0.3 is 6.18 Å². The summed E-state index contributed by atoms with van der Waals surface area (Å²) in [4.78, 5) is 0. The summed E-state index contributed by atoms with van der Waals surface area (Å²) in [5.41, 5.74) is 4.99. The molecule has 0 aliphatic rings. The van der Waals surface area contributed by atoms with E-state index in [1.165, 1.54) is 7.11 Å². The summed E-state index contributed by atoms with van der Waals surface area (Å²) in [6.45, 7) is -0.582. The molecule has 0 amide bonds. The van der Waals surface area contributed by atoms with Gasteiger partial charge in [-0.1, -0.05) is 0 Å². The van der Waals surface area contributed by atoms with Crippen molar-refractivity contribution in [1.82, 2.24) is 5.16 Å². The number of hydrogen-bond donors (Lipinski definition) is 1. The third kappa shape index (κ3) is 2.16. The van der Waals surface area contributed by atoms with Crippen LogP contribution in [-0.2, 0) is 0 Å². The molecule has 0 fully saturated rings. The Labute approximate surface area is 77.8 Å². The molecule has 0 radical (unpaired) electrons. The number of nitrogens with zero attached hydrogens (tertiary/aromatic N) is 1. The summed E-state index contributed by atoms with van der Waals surface area (Å²) in [5, 5.41) is 3.26. The highest BCUT2D eigenvalue weighted by atomic mass is 19.4. The first kappa shape index (κ1) is 10.8. The van der Waals surface area contributed by atoms with Crippen LogP contribution < -0.4 is 10.5 Å². The largest absolute Gasteiger partial charge is 0.479 e. The fourth-order valence-corrected chi connectivity index (χ4v) is 0.944. The lowest BCUT2D eigenvalue weighted by atomic mass is 10.1. The van der Waals surface area contributed by atoms with Crippen molar-refractivity contribution in [3.8, 4) is 5.88 Å². The monoisotopic (exact) mass is 210 g/mol. The summed E-state index contributed by atoms with van der Waals surface area (Å²) in [7, 11) is 1.28. The van der Waals surface area contributed by atoms with Gasteiger partial charge in [0.15, 0.2) is 5.76 Å². The topological polar surface area (TPSA) is 61.3 Å². The summed E-state index contributed by atoms with van der Waals surface area (Å²) in [5.74, 6) is -2.17. The Morgan fingerprint density at radius 2 is 2.29 bits per heavy atom. The summed E-state index contributed by atoms with van der Waals surface area (Å²) in [6.07, 6.45) is -4.43. The van der Waals surface area contributed by atoms with Crippen molar-refractivity contribution >= 4 is 0 Å². The fraction of sp³-hybridized carbons (Fsp3) is 0.571. The molecule has 0 saturated carbocycles. The van der Waals surface area contributed by atoms with Crippen LogP contribution in [0.2, 0.25) is 0 Å². The Morgan fingerprint density at radius 1 is 1.64 bits per heavy atom. The van der Waals surface area contributed by atoms with Gasteiger partial charge in [-0.15, -0.1) is 0 Å². The molecule has 0 aromatic carbocycles. The molecule has 1 aromatic heterocycles. The predicted molar refractivity (Wildman–Crippen MR) is 40.9 cm³/mol. The molecule has 80 valence electrons. The van der Waals surface area contributed by atoms with Gasteiger partial charge in [0.05, 0.1) is 7.11 Å². The van der Waals surface area contributed by atoms with Gasteiger partial charge in [-0.2, -0.15) is 13.2 Å². The van der Waals surface area contributed by atoms with Gasteiger partial charge in [-0.25, -0.2) is 0 Å². The molecule has 0 saturated heterocycles. The van der Waals surface area contributed by atoms with E-state index in [0.29, 0.717) is 0 Å². The molecule has 4 nitrogen and oxygen atoms in total. The lowest BCUT2D eigenvalue weighted by Crippen LogP contribution is -2.27. The Kier molecular flexibility index (Phi) is 3.00. The minimum absolute atomic E-state index is 0.00250. The van der Waals surface area contributed by atoms with E-state index in [-0.39, 0.29) is 11.6 Å². The van der Waals surface area contributed by atoms with Crippen molar-refractivity contribution in [3.05, 3.63) is 11.8 Å². The first-order valence-electron chi connectivity index (χ1n) is 3.76. The second-order valence-electron chi connectivity index (χ2n) is 2.60. The van der Waals surface area contributed by atoms with Gasteiger partial charge < -0.3 is 15.0 Å². The molecule has 1 rings (SSSR count). The number of aromatic nitrogens is 1. The highest BCUT2D eigenvalue weighted by Crippen LogP contribution is 2.34. The van der Waals surface area contributed by atoms with Crippen LogP contribution in [0.3, 0.4) is 0 Å². The number of halogens is 3. The molecule has 0 aliphatic carbocycles. The maximum atomic E-state index is 12.3. The zero-order chi connectivity index (χ0) is 10.8. The third-order valence-corrected chi connectivity index (χ3v) is 1.69. The lowest BCUT2D eigenvalue weighted by Gasteiger charge is -2.14. The number of alkyl halides is 3. The van der Waals surface area contributed by atoms with Crippen LogP contribution in [0.4, 0.5) is 13.2 Å². The predicted octanol–water partition coefficient (Wildman–Crippen LogP) is 1.29. The molecule has 2 N–H and O–H groups in total. The molecule has 0 bridgehead atoms. The van der Waals surface area contributed by atoms with Gasteiger partial charge in [-0.3, -0.25) is 0 Å². The van der Waals surface area contributed by atoms with Gasteiger partial charge in [-0.05, 0) is 5.16 Å². The molecule has 7 heteroatoms. The average Bonchev–Trinajstić information content (AvgIpc) is 2.51. The Balaban J connectivity index is 2.90. The highest BCUT2D eigenvalue weighted by molar-refractivity contribution is 5.16. The summed E-state index contributed by atoms with van der Waals surface area (Å²) < 4.78 is 46.0. The minimum Gasteiger partial charge on any atom is -0.479 e. The molecule has 1 heterocycles. The van der Waals surface area contributed by atoms with Crippen molar-refractivity contribution in [1.29, 1.82) is 0 Å².